The van der Waals surface area contributed by atoms with Crippen LogP contribution in [0, 0.1) is 35.5 Å². The first-order chi connectivity index (χ1) is 37.3. The smallest absolute Gasteiger partial charge is 0.326 e. The summed E-state index contributed by atoms with van der Waals surface area (Å²) in [5.74, 6) is -10.4. The molecule has 23 nitrogen and oxygen atoms in total. The number of aliphatic hydroxyl groups is 1. The van der Waals surface area contributed by atoms with Crippen molar-refractivity contribution < 1.29 is 63.0 Å². The predicted molar refractivity (Wildman–Crippen MR) is 305 cm³/mol. The minimum absolute atomic E-state index is 0.0143. The SMILES string of the molecule is CCCCCCCCCC(O)CC(=O)NC(CC(C)C)C(=O)NC(CC(C)C)C(=O)NC(CCC(N)=O)C(=O)NC(CC(C)C)C(=O)NC(CCC(N)=O)C(=O)NC(C(=O)NC(CC(C)C)C(=O)NC(CC(C)C)C(=O)O)C(C)C. The van der Waals surface area contributed by atoms with Gasteiger partial charge in [0.15, 0.2) is 0 Å². The van der Waals surface area contributed by atoms with Crippen LogP contribution in [0.1, 0.15) is 206 Å². The molecule has 80 heavy (non-hydrogen) atoms. The summed E-state index contributed by atoms with van der Waals surface area (Å²) in [7, 11) is 0. The van der Waals surface area contributed by atoms with Crippen molar-refractivity contribution in [2.75, 3.05) is 0 Å². The Balaban J connectivity index is 6.62. The number of aliphatic hydroxyl groups excluding tert-OH is 1. The van der Waals surface area contributed by atoms with Crippen LogP contribution in [0.15, 0.2) is 0 Å². The van der Waals surface area contributed by atoms with Gasteiger partial charge in [-0.25, -0.2) is 4.79 Å². The van der Waals surface area contributed by atoms with Gasteiger partial charge < -0.3 is 64.2 Å². The number of unbranched alkanes of at least 4 members (excludes halogenated alkanes) is 6. The van der Waals surface area contributed by atoms with Crippen molar-refractivity contribution in [3.05, 3.63) is 0 Å². The van der Waals surface area contributed by atoms with E-state index in [0.29, 0.717) is 6.42 Å². The Morgan fingerprint density at radius 3 is 1.02 bits per heavy atom. The van der Waals surface area contributed by atoms with Crippen molar-refractivity contribution in [2.24, 2.45) is 47.0 Å². The molecule has 0 saturated heterocycles. The van der Waals surface area contributed by atoms with Crippen molar-refractivity contribution >= 4 is 65.0 Å². The van der Waals surface area contributed by atoms with Gasteiger partial charge in [-0.05, 0) is 86.9 Å². The van der Waals surface area contributed by atoms with Crippen LogP contribution in [-0.4, -0.2) is 130 Å². The molecule has 10 amide bonds. The summed E-state index contributed by atoms with van der Waals surface area (Å²) in [5, 5.41) is 41.5. The quantitative estimate of drug-likeness (QED) is 0.0391. The van der Waals surface area contributed by atoms with Gasteiger partial charge >= 0.3 is 5.97 Å². The molecule has 9 unspecified atom stereocenters. The Kier molecular flexibility index (Phi) is 36.6. The van der Waals surface area contributed by atoms with Crippen LogP contribution < -0.4 is 54.0 Å². The van der Waals surface area contributed by atoms with Crippen LogP contribution >= 0.6 is 0 Å². The summed E-state index contributed by atoms with van der Waals surface area (Å²) < 4.78 is 0. The fourth-order valence-electron chi connectivity index (χ4n) is 8.93. The Hall–Kier alpha value is -5.87. The average molecular weight is 1140 g/mol. The average Bonchev–Trinajstić information content (AvgIpc) is 3.32. The fourth-order valence-corrected chi connectivity index (χ4v) is 8.93. The van der Waals surface area contributed by atoms with Crippen LogP contribution in [0.2, 0.25) is 0 Å². The van der Waals surface area contributed by atoms with Crippen LogP contribution in [-0.2, 0) is 52.7 Å². The van der Waals surface area contributed by atoms with Crippen LogP contribution in [0.5, 0.6) is 0 Å². The molecule has 0 heterocycles. The number of amides is 10. The third kappa shape index (κ3) is 33.0. The van der Waals surface area contributed by atoms with Gasteiger partial charge in [0, 0.05) is 12.8 Å². The molecule has 23 heteroatoms. The molecule has 0 aromatic heterocycles. The number of carbonyl (C=O) groups is 11. The van der Waals surface area contributed by atoms with Crippen molar-refractivity contribution in [1.82, 2.24) is 42.5 Å². The highest BCUT2D eigenvalue weighted by Gasteiger charge is 2.36. The maximum atomic E-state index is 14.2. The molecule has 0 fully saturated rings. The third-order valence-electron chi connectivity index (χ3n) is 13.1. The summed E-state index contributed by atoms with van der Waals surface area (Å²) in [6, 6.07) is -10.4. The Bertz CT molecular complexity index is 1980. The number of carboxylic acid groups (broad SMARTS) is 1. The lowest BCUT2D eigenvalue weighted by molar-refractivity contribution is -0.143. The lowest BCUT2D eigenvalue weighted by Crippen LogP contribution is -2.61. The van der Waals surface area contributed by atoms with Crippen LogP contribution in [0.25, 0.3) is 0 Å². The van der Waals surface area contributed by atoms with Gasteiger partial charge in [-0.1, -0.05) is 135 Å². The maximum absolute atomic E-state index is 14.2. The predicted octanol–water partition coefficient (Wildman–Crippen LogP) is 3.26. The van der Waals surface area contributed by atoms with Crippen LogP contribution in [0.4, 0.5) is 0 Å². The fraction of sp³-hybridized carbons (Fsp3) is 0.807. The highest BCUT2D eigenvalue weighted by atomic mass is 16.4. The first-order valence-electron chi connectivity index (χ1n) is 29.2. The molecule has 0 aliphatic heterocycles. The van der Waals surface area contributed by atoms with Gasteiger partial charge in [-0.15, -0.1) is 0 Å². The van der Waals surface area contributed by atoms with E-state index in [-0.39, 0.29) is 87.4 Å². The molecule has 0 spiro atoms. The number of carbonyl (C=O) groups excluding carboxylic acids is 10. The van der Waals surface area contributed by atoms with E-state index in [9.17, 15) is 63.0 Å². The lowest BCUT2D eigenvalue weighted by Gasteiger charge is -2.30. The summed E-state index contributed by atoms with van der Waals surface area (Å²) in [5.41, 5.74) is 10.9. The lowest BCUT2D eigenvalue weighted by atomic mass is 9.98. The van der Waals surface area contributed by atoms with E-state index in [2.05, 4.69) is 49.5 Å². The van der Waals surface area contributed by atoms with E-state index in [4.69, 9.17) is 11.5 Å². The maximum Gasteiger partial charge on any atom is 0.326 e. The van der Waals surface area contributed by atoms with E-state index < -0.39 is 132 Å². The molecule has 9 atom stereocenters. The highest BCUT2D eigenvalue weighted by molar-refractivity contribution is 5.98. The van der Waals surface area contributed by atoms with E-state index in [0.717, 1.165) is 32.1 Å². The molecular weight excluding hydrogens is 1030 g/mol. The van der Waals surface area contributed by atoms with Gasteiger partial charge in [0.2, 0.25) is 59.1 Å². The second-order valence-corrected chi connectivity index (χ2v) is 24.0. The first-order valence-corrected chi connectivity index (χ1v) is 29.2. The molecule has 0 radical (unpaired) electrons. The van der Waals surface area contributed by atoms with Crippen molar-refractivity contribution in [2.45, 2.75) is 260 Å². The van der Waals surface area contributed by atoms with Gasteiger partial charge in [0.05, 0.1) is 12.5 Å². The van der Waals surface area contributed by atoms with Crippen molar-refractivity contribution in [3.8, 4) is 0 Å². The van der Waals surface area contributed by atoms with E-state index in [1.54, 1.807) is 41.5 Å². The third-order valence-corrected chi connectivity index (χ3v) is 13.1. The number of hydrogen-bond donors (Lipinski definition) is 12. The summed E-state index contributed by atoms with van der Waals surface area (Å²) in [4.78, 5) is 147. The van der Waals surface area contributed by atoms with Crippen molar-refractivity contribution in [1.29, 1.82) is 0 Å². The molecule has 14 N–H and O–H groups in total. The number of nitrogens with two attached hydrogens (primary N) is 2. The van der Waals surface area contributed by atoms with E-state index in [1.165, 1.54) is 12.8 Å². The van der Waals surface area contributed by atoms with Gasteiger partial charge in [-0.3, -0.25) is 47.9 Å². The molecule has 0 aromatic rings. The largest absolute Gasteiger partial charge is 0.480 e. The zero-order chi connectivity index (χ0) is 61.4. The number of aliphatic carboxylic acids is 1. The number of carboxylic acids is 1. The molecule has 0 aliphatic rings. The molecule has 460 valence electrons. The van der Waals surface area contributed by atoms with Gasteiger partial charge in [0.25, 0.3) is 0 Å². The molecule has 0 saturated carbocycles. The number of hydrogen-bond acceptors (Lipinski definition) is 12. The number of rotatable bonds is 43. The van der Waals surface area contributed by atoms with Crippen LogP contribution in [0.3, 0.4) is 0 Å². The number of primary amides is 2. The highest BCUT2D eigenvalue weighted by Crippen LogP contribution is 2.16. The molecule has 0 rings (SSSR count). The molecular formula is C57H104N10O13. The molecule has 0 aromatic carbocycles. The summed E-state index contributed by atoms with van der Waals surface area (Å²) in [6.07, 6.45) is 5.81. The second kappa shape index (κ2) is 39.5. The Morgan fingerprint density at radius 1 is 0.375 bits per heavy atom. The first kappa shape index (κ1) is 74.1. The minimum atomic E-state index is -1.51. The molecule has 0 bridgehead atoms. The van der Waals surface area contributed by atoms with E-state index in [1.807, 2.05) is 41.5 Å². The monoisotopic (exact) mass is 1140 g/mol. The van der Waals surface area contributed by atoms with E-state index >= 15 is 0 Å². The van der Waals surface area contributed by atoms with Gasteiger partial charge in [-0.2, -0.15) is 0 Å². The van der Waals surface area contributed by atoms with Gasteiger partial charge in [0.1, 0.15) is 48.3 Å². The zero-order valence-electron chi connectivity index (χ0n) is 50.4. The standard InChI is InChI=1S/C57H104N10O13/c1-14-15-16-17-18-19-20-21-38(68)31-48(71)60-41(26-32(2)3)52(74)64-43(28-34(6)7)54(76)61-39(22-24-46(58)69)50(72)63-42(27-33(4)5)53(75)62-40(23-25-47(59)70)51(73)67-49(37(12)13)56(78)65-44(29-35(8)9)55(77)66-45(57(79)80)30-36(10)11/h32-45,49,68H,14-31H2,1-13H3,(H2,58,69)(H2,59,70)(H,60,71)(H,61,76)(H,62,75)(H,63,72)(H,64,74)(H,65,78)(H,66,77)(H,67,73)(H,79,80). The molecule has 0 aliphatic carbocycles. The Morgan fingerprint density at radius 2 is 0.675 bits per heavy atom. The number of nitrogens with one attached hydrogen (secondary N) is 8. The Labute approximate surface area is 476 Å². The normalized spacial score (nSPS) is 14.9. The summed E-state index contributed by atoms with van der Waals surface area (Å²) in [6.45, 7) is 23.5. The zero-order valence-corrected chi connectivity index (χ0v) is 50.4. The topological polar surface area (TPSA) is 377 Å². The van der Waals surface area contributed by atoms with Crippen molar-refractivity contribution in [3.63, 3.8) is 0 Å². The summed E-state index contributed by atoms with van der Waals surface area (Å²) >= 11 is 0. The minimum Gasteiger partial charge on any atom is -0.480 e. The second-order valence-electron chi connectivity index (χ2n) is 24.0.